The van der Waals surface area contributed by atoms with Gasteiger partial charge in [0, 0.05) is 16.9 Å². The Bertz CT molecular complexity index is 523. The molecule has 0 amide bonds. The SMILES string of the molecule is FC(F)(F)c1cc(Cl)cc(NCc2ccn[nH]2)c1. The Balaban J connectivity index is 2.15. The minimum absolute atomic E-state index is 0.0388. The average Bonchev–Trinajstić information content (AvgIpc) is 2.77. The molecule has 2 aromatic rings. The maximum atomic E-state index is 12.6. The fourth-order valence-electron chi connectivity index (χ4n) is 1.44. The molecule has 0 saturated carbocycles. The van der Waals surface area contributed by atoms with Crippen molar-refractivity contribution in [3.8, 4) is 0 Å². The fourth-order valence-corrected chi connectivity index (χ4v) is 1.67. The Morgan fingerprint density at radius 3 is 2.67 bits per heavy atom. The smallest absolute Gasteiger partial charge is 0.379 e. The number of anilines is 1. The second-order valence-corrected chi connectivity index (χ2v) is 4.10. The van der Waals surface area contributed by atoms with Crippen molar-refractivity contribution in [3.05, 3.63) is 46.7 Å². The van der Waals surface area contributed by atoms with Gasteiger partial charge in [-0.25, -0.2) is 0 Å². The number of nitrogens with zero attached hydrogens (tertiary/aromatic N) is 1. The monoisotopic (exact) mass is 275 g/mol. The van der Waals surface area contributed by atoms with Crippen molar-refractivity contribution in [3.63, 3.8) is 0 Å². The molecule has 0 bridgehead atoms. The number of rotatable bonds is 3. The van der Waals surface area contributed by atoms with E-state index in [0.717, 1.165) is 17.8 Å². The summed E-state index contributed by atoms with van der Waals surface area (Å²) in [6.45, 7) is 0.345. The summed E-state index contributed by atoms with van der Waals surface area (Å²) in [6, 6.07) is 5.07. The zero-order valence-corrected chi connectivity index (χ0v) is 9.81. The predicted molar refractivity (Wildman–Crippen MR) is 62.4 cm³/mol. The second kappa shape index (κ2) is 4.89. The molecular weight excluding hydrogens is 267 g/mol. The number of nitrogens with one attached hydrogen (secondary N) is 2. The zero-order valence-electron chi connectivity index (χ0n) is 9.05. The summed E-state index contributed by atoms with van der Waals surface area (Å²) in [5, 5.41) is 9.32. The van der Waals surface area contributed by atoms with Crippen LogP contribution in [0.1, 0.15) is 11.3 Å². The molecule has 2 N–H and O–H groups in total. The number of hydrogen-bond donors (Lipinski definition) is 2. The molecule has 1 aromatic heterocycles. The van der Waals surface area contributed by atoms with Gasteiger partial charge in [-0.15, -0.1) is 0 Å². The summed E-state index contributed by atoms with van der Waals surface area (Å²) in [5.74, 6) is 0. The summed E-state index contributed by atoms with van der Waals surface area (Å²) in [7, 11) is 0. The van der Waals surface area contributed by atoms with E-state index in [4.69, 9.17) is 11.6 Å². The predicted octanol–water partition coefficient (Wildman–Crippen LogP) is 3.69. The maximum absolute atomic E-state index is 12.6. The van der Waals surface area contributed by atoms with Gasteiger partial charge >= 0.3 is 6.18 Å². The van der Waals surface area contributed by atoms with Crippen molar-refractivity contribution in [2.24, 2.45) is 0 Å². The van der Waals surface area contributed by atoms with Crippen LogP contribution in [0.4, 0.5) is 18.9 Å². The highest BCUT2D eigenvalue weighted by atomic mass is 35.5. The van der Waals surface area contributed by atoms with Crippen LogP contribution in [0, 0.1) is 0 Å². The van der Waals surface area contributed by atoms with Crippen LogP contribution in [0.25, 0.3) is 0 Å². The number of aromatic nitrogens is 2. The molecule has 0 aliphatic carbocycles. The van der Waals surface area contributed by atoms with Crippen LogP contribution in [0.15, 0.2) is 30.5 Å². The van der Waals surface area contributed by atoms with Crippen LogP contribution >= 0.6 is 11.6 Å². The van der Waals surface area contributed by atoms with E-state index >= 15 is 0 Å². The molecule has 1 aromatic carbocycles. The Morgan fingerprint density at radius 1 is 1.28 bits per heavy atom. The first-order chi connectivity index (χ1) is 8.45. The van der Waals surface area contributed by atoms with Gasteiger partial charge in [0.25, 0.3) is 0 Å². The van der Waals surface area contributed by atoms with Crippen LogP contribution in [-0.4, -0.2) is 10.2 Å². The van der Waals surface area contributed by atoms with Gasteiger partial charge in [0.15, 0.2) is 0 Å². The minimum Gasteiger partial charge on any atom is -0.379 e. The van der Waals surface area contributed by atoms with Gasteiger partial charge in [-0.05, 0) is 24.3 Å². The number of aromatic amines is 1. The molecule has 7 heteroatoms. The topological polar surface area (TPSA) is 40.7 Å². The molecule has 3 nitrogen and oxygen atoms in total. The molecule has 0 atom stereocenters. The van der Waals surface area contributed by atoms with E-state index in [1.807, 2.05) is 0 Å². The zero-order chi connectivity index (χ0) is 13.2. The van der Waals surface area contributed by atoms with Gasteiger partial charge in [-0.1, -0.05) is 11.6 Å². The Labute approximate surface area is 106 Å². The van der Waals surface area contributed by atoms with E-state index in [1.54, 1.807) is 12.3 Å². The van der Waals surface area contributed by atoms with Crippen molar-refractivity contribution >= 4 is 17.3 Å². The van der Waals surface area contributed by atoms with Gasteiger partial charge in [-0.2, -0.15) is 18.3 Å². The number of halogens is 4. The Morgan fingerprint density at radius 2 is 2.06 bits per heavy atom. The lowest BCUT2D eigenvalue weighted by Gasteiger charge is -2.11. The fraction of sp³-hybridized carbons (Fsp3) is 0.182. The van der Waals surface area contributed by atoms with Gasteiger partial charge < -0.3 is 5.32 Å². The van der Waals surface area contributed by atoms with Gasteiger partial charge in [0.1, 0.15) is 0 Å². The van der Waals surface area contributed by atoms with Crippen molar-refractivity contribution in [1.82, 2.24) is 10.2 Å². The van der Waals surface area contributed by atoms with E-state index in [0.29, 0.717) is 12.2 Å². The molecule has 0 saturated heterocycles. The summed E-state index contributed by atoms with van der Waals surface area (Å²) >= 11 is 5.66. The van der Waals surface area contributed by atoms with Crippen molar-refractivity contribution in [2.45, 2.75) is 12.7 Å². The van der Waals surface area contributed by atoms with E-state index in [9.17, 15) is 13.2 Å². The van der Waals surface area contributed by atoms with Crippen molar-refractivity contribution in [1.29, 1.82) is 0 Å². The highest BCUT2D eigenvalue weighted by Crippen LogP contribution is 2.33. The molecule has 0 aliphatic heterocycles. The summed E-state index contributed by atoms with van der Waals surface area (Å²) in [6.07, 6.45) is -2.84. The molecule has 0 spiro atoms. The molecule has 0 fully saturated rings. The van der Waals surface area contributed by atoms with E-state index in [-0.39, 0.29) is 5.02 Å². The third kappa shape index (κ3) is 3.16. The highest BCUT2D eigenvalue weighted by molar-refractivity contribution is 6.30. The molecular formula is C11H9ClF3N3. The van der Waals surface area contributed by atoms with E-state index in [1.165, 1.54) is 6.07 Å². The van der Waals surface area contributed by atoms with Crippen LogP contribution in [0.2, 0.25) is 5.02 Å². The maximum Gasteiger partial charge on any atom is 0.416 e. The second-order valence-electron chi connectivity index (χ2n) is 3.66. The first-order valence-electron chi connectivity index (χ1n) is 5.05. The molecule has 0 radical (unpaired) electrons. The molecule has 0 aliphatic rings. The Hall–Kier alpha value is -1.69. The molecule has 2 rings (SSSR count). The average molecular weight is 276 g/mol. The first-order valence-corrected chi connectivity index (χ1v) is 5.43. The van der Waals surface area contributed by atoms with E-state index < -0.39 is 11.7 Å². The quantitative estimate of drug-likeness (QED) is 0.897. The molecule has 96 valence electrons. The number of benzene rings is 1. The molecule has 18 heavy (non-hydrogen) atoms. The summed E-state index contributed by atoms with van der Waals surface area (Å²) < 4.78 is 37.7. The lowest BCUT2D eigenvalue weighted by atomic mass is 10.2. The number of H-pyrrole nitrogens is 1. The lowest BCUT2D eigenvalue weighted by molar-refractivity contribution is -0.137. The lowest BCUT2D eigenvalue weighted by Crippen LogP contribution is -2.07. The number of hydrogen-bond acceptors (Lipinski definition) is 2. The Kier molecular flexibility index (Phi) is 3.47. The van der Waals surface area contributed by atoms with Gasteiger partial charge in [0.2, 0.25) is 0 Å². The number of alkyl halides is 3. The van der Waals surface area contributed by atoms with Crippen LogP contribution in [-0.2, 0) is 12.7 Å². The first kappa shape index (κ1) is 12.8. The minimum atomic E-state index is -4.41. The van der Waals surface area contributed by atoms with Crippen LogP contribution < -0.4 is 5.32 Å². The summed E-state index contributed by atoms with van der Waals surface area (Å²) in [4.78, 5) is 0. The standard InChI is InChI=1S/C11H9ClF3N3/c12-8-3-7(11(13,14)15)4-10(5-8)16-6-9-1-2-17-18-9/h1-5,16H,6H2,(H,17,18). The van der Waals surface area contributed by atoms with Gasteiger partial charge in [0.05, 0.1) is 17.8 Å². The third-order valence-corrected chi connectivity index (χ3v) is 2.48. The molecule has 0 unspecified atom stereocenters. The van der Waals surface area contributed by atoms with Crippen LogP contribution in [0.5, 0.6) is 0 Å². The van der Waals surface area contributed by atoms with Crippen molar-refractivity contribution < 1.29 is 13.2 Å². The van der Waals surface area contributed by atoms with Gasteiger partial charge in [-0.3, -0.25) is 5.10 Å². The van der Waals surface area contributed by atoms with Crippen LogP contribution in [0.3, 0.4) is 0 Å². The molecule has 1 heterocycles. The normalized spacial score (nSPS) is 11.6. The highest BCUT2D eigenvalue weighted by Gasteiger charge is 2.31. The largest absolute Gasteiger partial charge is 0.416 e. The third-order valence-electron chi connectivity index (χ3n) is 2.27. The van der Waals surface area contributed by atoms with Crippen molar-refractivity contribution in [2.75, 3.05) is 5.32 Å². The van der Waals surface area contributed by atoms with E-state index in [2.05, 4.69) is 15.5 Å². The summed E-state index contributed by atoms with van der Waals surface area (Å²) in [5.41, 5.74) is 0.301.